The smallest absolute Gasteiger partial charge is 0.362 e. The number of H-pyrrole nitrogens is 1. The molecule has 0 unspecified atom stereocenters. The molecule has 1 aromatic heterocycles. The highest BCUT2D eigenvalue weighted by Crippen LogP contribution is 2.42. The van der Waals surface area contributed by atoms with E-state index in [4.69, 9.17) is 9.84 Å². The van der Waals surface area contributed by atoms with Gasteiger partial charge in [0.2, 0.25) is 5.69 Å². The van der Waals surface area contributed by atoms with Crippen molar-refractivity contribution in [2.24, 2.45) is 0 Å². The number of aromatic nitrogens is 3. The fraction of sp³-hybridized carbons (Fsp3) is 0.267. The van der Waals surface area contributed by atoms with E-state index >= 15 is 0 Å². The molecule has 6 nitrogen and oxygen atoms in total. The summed E-state index contributed by atoms with van der Waals surface area (Å²) in [6, 6.07) is 6.76. The normalized spacial score (nSPS) is 14.8. The minimum absolute atomic E-state index is 0.0571. The number of aromatic amines is 1. The highest BCUT2D eigenvalue weighted by molar-refractivity contribution is 5.87. The maximum atomic E-state index is 13.5. The van der Waals surface area contributed by atoms with Gasteiger partial charge >= 0.3 is 5.97 Å². The van der Waals surface area contributed by atoms with Gasteiger partial charge in [-0.25, -0.2) is 14.3 Å². The maximum absolute atomic E-state index is 13.5. The summed E-state index contributed by atoms with van der Waals surface area (Å²) in [5.74, 6) is 4.78. The van der Waals surface area contributed by atoms with Crippen molar-refractivity contribution in [2.45, 2.75) is 24.9 Å². The Balaban J connectivity index is 1.73. The molecule has 0 saturated heterocycles. The predicted molar refractivity (Wildman–Crippen MR) is 74.4 cm³/mol. The summed E-state index contributed by atoms with van der Waals surface area (Å²) < 4.78 is 18.9. The number of benzene rings is 1. The van der Waals surface area contributed by atoms with E-state index in [0.29, 0.717) is 24.2 Å². The average molecular weight is 301 g/mol. The monoisotopic (exact) mass is 301 g/mol. The van der Waals surface area contributed by atoms with Crippen molar-refractivity contribution in [1.29, 1.82) is 0 Å². The molecule has 0 aliphatic heterocycles. The van der Waals surface area contributed by atoms with E-state index in [9.17, 15) is 9.18 Å². The number of halogens is 1. The molecule has 0 radical (unpaired) electrons. The molecule has 1 aliphatic carbocycles. The highest BCUT2D eigenvalue weighted by Gasteiger charge is 2.42. The van der Waals surface area contributed by atoms with Crippen LogP contribution in [0.15, 0.2) is 24.3 Å². The zero-order chi connectivity index (χ0) is 15.6. The SMILES string of the molecule is O=C(O)c1nn[nH]c1Oc1cccc(C#CCC2(F)CC2)c1. The standard InChI is InChI=1S/C15H12FN3O3/c16-15(7-8-15)6-2-4-10-3-1-5-11(9-10)22-13-12(14(20)21)17-19-18-13/h1,3,5,9H,6-8H2,(H,20,21)(H,17,18,19). The third-order valence-corrected chi connectivity index (χ3v) is 3.20. The molecule has 0 atom stereocenters. The lowest BCUT2D eigenvalue weighted by Gasteiger charge is -2.03. The lowest BCUT2D eigenvalue weighted by Crippen LogP contribution is -1.99. The minimum atomic E-state index is -1.24. The second-order valence-corrected chi connectivity index (χ2v) is 5.05. The van der Waals surface area contributed by atoms with E-state index in [1.54, 1.807) is 24.3 Å². The predicted octanol–water partition coefficient (Wildman–Crippen LogP) is 2.54. The molecular formula is C15H12FN3O3. The van der Waals surface area contributed by atoms with Crippen LogP contribution in [-0.2, 0) is 0 Å². The number of alkyl halides is 1. The van der Waals surface area contributed by atoms with Crippen molar-refractivity contribution in [3.8, 4) is 23.5 Å². The third-order valence-electron chi connectivity index (χ3n) is 3.20. The number of carbonyl (C=O) groups is 1. The Kier molecular flexibility index (Phi) is 3.51. The summed E-state index contributed by atoms with van der Waals surface area (Å²) in [5, 5.41) is 18.1. The summed E-state index contributed by atoms with van der Waals surface area (Å²) in [7, 11) is 0. The zero-order valence-electron chi connectivity index (χ0n) is 11.5. The maximum Gasteiger partial charge on any atom is 0.362 e. The molecule has 1 aliphatic rings. The lowest BCUT2D eigenvalue weighted by molar-refractivity contribution is 0.0687. The van der Waals surface area contributed by atoms with Crippen LogP contribution in [0.25, 0.3) is 0 Å². The van der Waals surface area contributed by atoms with Crippen LogP contribution in [-0.4, -0.2) is 32.2 Å². The van der Waals surface area contributed by atoms with Gasteiger partial charge in [0.15, 0.2) is 0 Å². The molecule has 3 rings (SSSR count). The van der Waals surface area contributed by atoms with Gasteiger partial charge in [0, 0.05) is 12.0 Å². The van der Waals surface area contributed by atoms with Gasteiger partial charge < -0.3 is 9.84 Å². The van der Waals surface area contributed by atoms with Crippen LogP contribution in [0.2, 0.25) is 0 Å². The van der Waals surface area contributed by atoms with Crippen LogP contribution in [0.3, 0.4) is 0 Å². The van der Waals surface area contributed by atoms with E-state index in [1.165, 1.54) is 0 Å². The van der Waals surface area contributed by atoms with Gasteiger partial charge in [-0.05, 0) is 31.0 Å². The van der Waals surface area contributed by atoms with Gasteiger partial charge in [-0.2, -0.15) is 0 Å². The molecule has 0 bridgehead atoms. The van der Waals surface area contributed by atoms with Crippen molar-refractivity contribution < 1.29 is 19.0 Å². The second-order valence-electron chi connectivity index (χ2n) is 5.05. The third kappa shape index (κ3) is 3.23. The van der Waals surface area contributed by atoms with Crippen LogP contribution in [0.1, 0.15) is 35.3 Å². The summed E-state index contributed by atoms with van der Waals surface area (Å²) in [6.07, 6.45) is 1.39. The first-order valence-corrected chi connectivity index (χ1v) is 6.66. The van der Waals surface area contributed by atoms with E-state index in [2.05, 4.69) is 27.3 Å². The van der Waals surface area contributed by atoms with Crippen molar-refractivity contribution >= 4 is 5.97 Å². The number of carboxylic acid groups (broad SMARTS) is 1. The molecule has 0 amide bonds. The topological polar surface area (TPSA) is 88.1 Å². The summed E-state index contributed by atoms with van der Waals surface area (Å²) in [6.45, 7) is 0. The van der Waals surface area contributed by atoms with E-state index in [1.807, 2.05) is 0 Å². The molecule has 1 fully saturated rings. The fourth-order valence-electron chi connectivity index (χ4n) is 1.80. The average Bonchev–Trinajstić information content (AvgIpc) is 3.02. The molecule has 1 saturated carbocycles. The number of aromatic carboxylic acids is 1. The zero-order valence-corrected chi connectivity index (χ0v) is 11.5. The van der Waals surface area contributed by atoms with Crippen LogP contribution in [0.4, 0.5) is 4.39 Å². The van der Waals surface area contributed by atoms with E-state index < -0.39 is 11.6 Å². The summed E-state index contributed by atoms with van der Waals surface area (Å²) in [5.41, 5.74) is -0.741. The Labute approximate surface area is 125 Å². The highest BCUT2D eigenvalue weighted by atomic mass is 19.1. The number of carboxylic acids is 1. The van der Waals surface area contributed by atoms with Gasteiger partial charge in [-0.15, -0.1) is 5.10 Å². The molecular weight excluding hydrogens is 289 g/mol. The quantitative estimate of drug-likeness (QED) is 0.847. The number of hydrogen-bond donors (Lipinski definition) is 2. The number of ether oxygens (including phenoxy) is 1. The molecule has 1 aromatic carbocycles. The van der Waals surface area contributed by atoms with Gasteiger partial charge in [-0.3, -0.25) is 0 Å². The number of hydrogen-bond acceptors (Lipinski definition) is 4. The largest absolute Gasteiger partial charge is 0.476 e. The van der Waals surface area contributed by atoms with Crippen molar-refractivity contribution in [1.82, 2.24) is 15.4 Å². The Morgan fingerprint density at radius 2 is 2.32 bits per heavy atom. The van der Waals surface area contributed by atoms with Gasteiger partial charge in [-0.1, -0.05) is 23.1 Å². The van der Waals surface area contributed by atoms with Crippen molar-refractivity contribution in [3.63, 3.8) is 0 Å². The van der Waals surface area contributed by atoms with Crippen LogP contribution in [0, 0.1) is 11.8 Å². The van der Waals surface area contributed by atoms with Crippen LogP contribution < -0.4 is 4.74 Å². The second kappa shape index (κ2) is 5.48. The number of nitrogens with one attached hydrogen (secondary N) is 1. The van der Waals surface area contributed by atoms with E-state index in [-0.39, 0.29) is 18.0 Å². The first-order chi connectivity index (χ1) is 10.6. The summed E-state index contributed by atoms with van der Waals surface area (Å²) >= 11 is 0. The molecule has 2 aromatic rings. The lowest BCUT2D eigenvalue weighted by atomic mass is 10.2. The Bertz CT molecular complexity index is 772. The molecule has 22 heavy (non-hydrogen) atoms. The molecule has 0 spiro atoms. The van der Waals surface area contributed by atoms with Crippen molar-refractivity contribution in [2.75, 3.05) is 0 Å². The van der Waals surface area contributed by atoms with Gasteiger partial charge in [0.05, 0.1) is 0 Å². The Morgan fingerprint density at radius 3 is 3.05 bits per heavy atom. The number of nitrogens with zero attached hydrogens (tertiary/aromatic N) is 2. The van der Waals surface area contributed by atoms with E-state index in [0.717, 1.165) is 0 Å². The Morgan fingerprint density at radius 1 is 1.50 bits per heavy atom. The minimum Gasteiger partial charge on any atom is -0.476 e. The van der Waals surface area contributed by atoms with Gasteiger partial charge in [0.1, 0.15) is 11.4 Å². The molecule has 112 valence electrons. The first kappa shape index (κ1) is 14.1. The molecule has 2 N–H and O–H groups in total. The molecule has 7 heteroatoms. The summed E-state index contributed by atoms with van der Waals surface area (Å²) in [4.78, 5) is 10.9. The number of rotatable bonds is 4. The van der Waals surface area contributed by atoms with Crippen LogP contribution >= 0.6 is 0 Å². The van der Waals surface area contributed by atoms with Crippen molar-refractivity contribution in [3.05, 3.63) is 35.5 Å². The first-order valence-electron chi connectivity index (χ1n) is 6.66. The van der Waals surface area contributed by atoms with Crippen LogP contribution in [0.5, 0.6) is 11.6 Å². The van der Waals surface area contributed by atoms with Gasteiger partial charge in [0.25, 0.3) is 5.88 Å². The fourth-order valence-corrected chi connectivity index (χ4v) is 1.80. The Hall–Kier alpha value is -2.88. The molecule has 1 heterocycles.